The summed E-state index contributed by atoms with van der Waals surface area (Å²) in [5, 5.41) is 3.93. The summed E-state index contributed by atoms with van der Waals surface area (Å²) < 4.78 is 23.3. The minimum atomic E-state index is -0.758. The number of nitrogens with one attached hydrogen (secondary N) is 1. The van der Waals surface area contributed by atoms with Crippen molar-refractivity contribution in [3.63, 3.8) is 0 Å². The predicted octanol–water partition coefficient (Wildman–Crippen LogP) is 7.00. The van der Waals surface area contributed by atoms with E-state index in [1.165, 1.54) is 10.6 Å². The molecule has 4 aromatic heterocycles. The lowest BCUT2D eigenvalue weighted by Crippen LogP contribution is -2.47. The van der Waals surface area contributed by atoms with Gasteiger partial charge in [0, 0.05) is 119 Å². The van der Waals surface area contributed by atoms with Crippen molar-refractivity contribution in [1.82, 2.24) is 38.0 Å². The molecule has 2 aromatic carbocycles. The van der Waals surface area contributed by atoms with Crippen molar-refractivity contribution in [2.75, 3.05) is 64.7 Å². The number of allylic oxidation sites excluding steroid dienone is 2. The number of aryl methyl sites for hydroxylation is 3. The number of likely N-dealkylation sites (tertiary alicyclic amines) is 1. The molecular formula is C54H64FN10O5+. The molecule has 1 atom stereocenters. The van der Waals surface area contributed by atoms with Gasteiger partial charge in [0.15, 0.2) is 11.8 Å². The number of amides is 1. The van der Waals surface area contributed by atoms with Gasteiger partial charge in [-0.25, -0.2) is 19.0 Å². The zero-order valence-corrected chi connectivity index (χ0v) is 40.8. The molecule has 16 heteroatoms. The Morgan fingerprint density at radius 1 is 0.843 bits per heavy atom. The number of halogens is 1. The number of ketones is 1. The maximum atomic E-state index is 16.0. The highest BCUT2D eigenvalue weighted by molar-refractivity contribution is 6.05. The van der Waals surface area contributed by atoms with Crippen molar-refractivity contribution in [2.24, 2.45) is 20.0 Å². The molecule has 15 nitrogen and oxygen atoms in total. The number of carbonyl (C=O) groups excluding carboxylic acids is 2. The number of pyridine rings is 2. The van der Waals surface area contributed by atoms with Gasteiger partial charge in [-0.1, -0.05) is 11.6 Å². The Morgan fingerprint density at radius 2 is 1.59 bits per heavy atom. The van der Waals surface area contributed by atoms with E-state index in [0.717, 1.165) is 153 Å². The topological polar surface area (TPSA) is 143 Å². The molecule has 366 valence electrons. The standard InChI is InChI=1S/C54H63FN10O5/c1-35-26-40(29-44(55)51(35)39-14-19-60(20-15-39)34-42-31-43-45(13-17-57-52(43)58(42)3)63-21-16-41(56-2)30-50(63)67)49(66)28-36-7-9-37(10-8-36)32-61-22-24-62(25-23-61)33-38-11-12-46-48(27-38)59(4)54(69)65(46)47-6-5-18-64(70)53(47)68/h11-13,16-17,21,26-31,37,39,47H,5-10,14-15,18-20,22-25,32-34H2,1-4H3/p+1. The Balaban J connectivity index is 0.688. The number of piperazine rings is 1. The summed E-state index contributed by atoms with van der Waals surface area (Å²) in [6, 6.07) is 16.0. The van der Waals surface area contributed by atoms with E-state index >= 15 is 4.39 Å². The van der Waals surface area contributed by atoms with Crippen molar-refractivity contribution in [3.8, 4) is 5.69 Å². The maximum Gasteiger partial charge on any atom is 0.455 e. The van der Waals surface area contributed by atoms with Gasteiger partial charge < -0.3 is 14.8 Å². The molecule has 10 rings (SSSR count). The first-order valence-corrected chi connectivity index (χ1v) is 25.1. The van der Waals surface area contributed by atoms with Crippen LogP contribution in [0.25, 0.3) is 27.8 Å². The van der Waals surface area contributed by atoms with E-state index in [0.29, 0.717) is 34.6 Å². The van der Waals surface area contributed by atoms with Gasteiger partial charge in [-0.3, -0.25) is 33.1 Å². The lowest BCUT2D eigenvalue weighted by Gasteiger charge is -2.37. The lowest BCUT2D eigenvalue weighted by atomic mass is 9.83. The molecule has 7 heterocycles. The summed E-state index contributed by atoms with van der Waals surface area (Å²) in [4.78, 5) is 76.6. The monoisotopic (exact) mass is 952 g/mol. The van der Waals surface area contributed by atoms with Gasteiger partial charge in [-0.2, -0.15) is 0 Å². The molecule has 1 unspecified atom stereocenters. The third kappa shape index (κ3) is 9.36. The summed E-state index contributed by atoms with van der Waals surface area (Å²) in [6.45, 7) is 10.1. The van der Waals surface area contributed by atoms with Crippen LogP contribution in [0, 0.1) is 23.6 Å². The number of fused-ring (bicyclic) bond motifs is 2. The molecule has 0 spiro atoms. The second-order valence-corrected chi connectivity index (χ2v) is 20.2. The van der Waals surface area contributed by atoms with Gasteiger partial charge in [-0.15, -0.1) is 0 Å². The van der Waals surface area contributed by atoms with Crippen LogP contribution in [0.3, 0.4) is 0 Å². The largest absolute Gasteiger partial charge is 0.455 e. The van der Waals surface area contributed by atoms with Crippen molar-refractivity contribution in [2.45, 2.75) is 83.3 Å². The molecular weight excluding hydrogens is 888 g/mol. The normalized spacial score (nSPS) is 20.2. The van der Waals surface area contributed by atoms with Crippen LogP contribution in [-0.4, -0.2) is 114 Å². The number of anilines is 1. The molecule has 1 saturated carbocycles. The quantitative estimate of drug-likeness (QED) is 0.0774. The molecule has 6 aromatic rings. The average molecular weight is 952 g/mol. The van der Waals surface area contributed by atoms with Crippen LogP contribution in [0.15, 0.2) is 88.2 Å². The van der Waals surface area contributed by atoms with Crippen molar-refractivity contribution in [1.29, 1.82) is 0 Å². The van der Waals surface area contributed by atoms with Crippen LogP contribution in [0.5, 0.6) is 0 Å². The number of hydrogen-bond donors (Lipinski definition) is 1. The average Bonchev–Trinajstić information content (AvgIpc) is 3.81. The van der Waals surface area contributed by atoms with Gasteiger partial charge >= 0.3 is 11.6 Å². The first-order valence-electron chi connectivity index (χ1n) is 25.1. The van der Waals surface area contributed by atoms with Gasteiger partial charge in [0.25, 0.3) is 5.56 Å². The molecule has 1 N–H and O–H groups in total. The maximum absolute atomic E-state index is 16.0. The molecule has 3 saturated heterocycles. The molecule has 1 amide bonds. The number of aromatic nitrogens is 5. The zero-order chi connectivity index (χ0) is 48.8. The number of rotatable bonds is 12. The van der Waals surface area contributed by atoms with Gasteiger partial charge in [0.05, 0.1) is 21.5 Å². The lowest BCUT2D eigenvalue weighted by molar-refractivity contribution is -0.480. The fourth-order valence-electron chi connectivity index (χ4n) is 11.7. The van der Waals surface area contributed by atoms with E-state index in [-0.39, 0.29) is 35.3 Å². The molecule has 0 bridgehead atoms. The fourth-order valence-corrected chi connectivity index (χ4v) is 11.7. The van der Waals surface area contributed by atoms with Crippen molar-refractivity contribution in [3.05, 3.63) is 138 Å². The van der Waals surface area contributed by atoms with Gasteiger partial charge in [0.1, 0.15) is 11.5 Å². The summed E-state index contributed by atoms with van der Waals surface area (Å²) >= 11 is 0. The third-order valence-corrected chi connectivity index (χ3v) is 15.8. The summed E-state index contributed by atoms with van der Waals surface area (Å²) in [6.07, 6.45) is 11.8. The van der Waals surface area contributed by atoms with Crippen molar-refractivity contribution >= 4 is 39.4 Å². The highest BCUT2D eigenvalue weighted by Gasteiger charge is 2.40. The summed E-state index contributed by atoms with van der Waals surface area (Å²) in [5.41, 5.74) is 8.77. The molecule has 1 aliphatic carbocycles. The predicted molar refractivity (Wildman–Crippen MR) is 269 cm³/mol. The van der Waals surface area contributed by atoms with Gasteiger partial charge in [-0.05, 0) is 142 Å². The minimum absolute atomic E-state index is 0.0763. The second-order valence-electron chi connectivity index (χ2n) is 20.2. The number of nitroso groups, excluding NO2 is 1. The Bertz CT molecular complexity index is 3130. The zero-order valence-electron chi connectivity index (χ0n) is 40.8. The van der Waals surface area contributed by atoms with E-state index < -0.39 is 11.9 Å². The highest BCUT2D eigenvalue weighted by atomic mass is 19.1. The fraction of sp³-hybridized carbons (Fsp3) is 0.463. The van der Waals surface area contributed by atoms with E-state index in [2.05, 4.69) is 35.6 Å². The summed E-state index contributed by atoms with van der Waals surface area (Å²) in [7, 11) is 5.53. The van der Waals surface area contributed by atoms with Crippen LogP contribution in [0.2, 0.25) is 0 Å². The Labute approximate surface area is 406 Å². The minimum Gasteiger partial charge on any atom is -0.388 e. The first kappa shape index (κ1) is 47.3. The van der Waals surface area contributed by atoms with E-state index in [1.54, 1.807) is 47.8 Å². The Morgan fingerprint density at radius 3 is 2.31 bits per heavy atom. The van der Waals surface area contributed by atoms with Crippen LogP contribution in [-0.2, 0) is 32.0 Å². The number of imidazole rings is 1. The number of carbonyl (C=O) groups is 2. The van der Waals surface area contributed by atoms with E-state index in [9.17, 15) is 24.1 Å². The number of benzene rings is 2. The van der Waals surface area contributed by atoms with Crippen LogP contribution in [0.1, 0.15) is 96.1 Å². The molecule has 0 radical (unpaired) electrons. The van der Waals surface area contributed by atoms with Crippen LogP contribution < -0.4 is 16.6 Å². The van der Waals surface area contributed by atoms with Crippen LogP contribution in [0.4, 0.5) is 10.1 Å². The first-order chi connectivity index (χ1) is 33.8. The Hall–Kier alpha value is -6.36. The molecule has 4 aliphatic rings. The van der Waals surface area contributed by atoms with E-state index in [4.69, 9.17) is 0 Å². The molecule has 70 heavy (non-hydrogen) atoms. The molecule has 3 aliphatic heterocycles. The van der Waals surface area contributed by atoms with Crippen molar-refractivity contribution < 1.29 is 18.7 Å². The number of hydrogen-bond acceptors (Lipinski definition) is 10. The summed E-state index contributed by atoms with van der Waals surface area (Å²) in [5.74, 6) is -0.305. The Kier molecular flexibility index (Phi) is 13.4. The number of nitrogens with zero attached hydrogens (tertiary/aromatic N) is 9. The molecule has 4 fully saturated rings. The number of piperidine rings is 2. The smallest absolute Gasteiger partial charge is 0.388 e. The third-order valence-electron chi connectivity index (χ3n) is 15.8. The van der Waals surface area contributed by atoms with Gasteiger partial charge in [0.2, 0.25) is 6.54 Å². The SMILES string of the molecule is CNc1ccn(-c2ccnc3c2cc(CN2CCC(c4c(C)cc(C(=O)C=C5CCC(CN6CCN(Cc7ccc8c(c7)n(C)c(=O)n8C7CCC[N+](=O)C7=O)CC6)CC5)cc4F)CC2)n3C)c(=O)c1. The highest BCUT2D eigenvalue weighted by Crippen LogP contribution is 2.35. The van der Waals surface area contributed by atoms with Crippen LogP contribution >= 0.6 is 0 Å². The second kappa shape index (κ2) is 19.8. The van der Waals surface area contributed by atoms with E-state index in [1.807, 2.05) is 50.4 Å².